The zero-order valence-electron chi connectivity index (χ0n) is 15.1. The molecule has 0 spiro atoms. The molecule has 1 aromatic heterocycles. The third-order valence-electron chi connectivity index (χ3n) is 4.29. The van der Waals surface area contributed by atoms with Gasteiger partial charge in [0.1, 0.15) is 18.2 Å². The van der Waals surface area contributed by atoms with Crippen molar-refractivity contribution in [2.45, 2.75) is 19.6 Å². The van der Waals surface area contributed by atoms with Crippen LogP contribution in [0.3, 0.4) is 0 Å². The van der Waals surface area contributed by atoms with Crippen molar-refractivity contribution in [1.29, 1.82) is 0 Å². The molecule has 29 heavy (non-hydrogen) atoms. The Bertz CT molecular complexity index is 1030. The number of fused-ring (bicyclic) bond motifs is 1. The fraction of sp³-hybridized carbons (Fsp3) is 0.211. The van der Waals surface area contributed by atoms with Crippen LogP contribution in [0.15, 0.2) is 36.4 Å². The molecular weight excluding hydrogens is 438 g/mol. The van der Waals surface area contributed by atoms with E-state index in [1.807, 2.05) is 12.1 Å². The van der Waals surface area contributed by atoms with Gasteiger partial charge in [-0.3, -0.25) is 10.1 Å². The van der Waals surface area contributed by atoms with E-state index in [-0.39, 0.29) is 30.7 Å². The Morgan fingerprint density at radius 2 is 2.10 bits per heavy atom. The van der Waals surface area contributed by atoms with Crippen LogP contribution < -0.4 is 15.4 Å². The van der Waals surface area contributed by atoms with E-state index >= 15 is 0 Å². The van der Waals surface area contributed by atoms with Crippen LogP contribution in [-0.2, 0) is 19.6 Å². The molecule has 10 heteroatoms. The van der Waals surface area contributed by atoms with Crippen molar-refractivity contribution in [3.8, 4) is 5.75 Å². The molecule has 0 radical (unpaired) electrons. The number of nitrogens with zero attached hydrogens (tertiary/aromatic N) is 2. The van der Waals surface area contributed by atoms with Crippen LogP contribution in [0.1, 0.15) is 26.5 Å². The molecule has 4 rings (SSSR count). The standard InChI is InChI=1S/C19H16ClFN4O2S.ClH/c20-15-4-3-14(21)8-16(15)27-10-17-24-25-19(28-17)23-18(26)12-1-2-13-9-22-6-5-11(13)7-12;/h1-4,7-8,22H,5-6,9-10H2,(H,23,25,26);1H. The summed E-state index contributed by atoms with van der Waals surface area (Å²) in [7, 11) is 0. The lowest BCUT2D eigenvalue weighted by Crippen LogP contribution is -2.24. The van der Waals surface area contributed by atoms with Crippen LogP contribution in [0.25, 0.3) is 0 Å². The number of hydrogen-bond donors (Lipinski definition) is 2. The Morgan fingerprint density at radius 1 is 1.24 bits per heavy atom. The molecule has 6 nitrogen and oxygen atoms in total. The number of benzene rings is 2. The maximum Gasteiger partial charge on any atom is 0.257 e. The molecule has 2 aromatic carbocycles. The number of halogens is 3. The number of anilines is 1. The number of aromatic nitrogens is 2. The lowest BCUT2D eigenvalue weighted by atomic mass is 9.98. The molecule has 1 aliphatic rings. The second-order valence-electron chi connectivity index (χ2n) is 6.23. The van der Waals surface area contributed by atoms with Gasteiger partial charge in [0.25, 0.3) is 5.91 Å². The average molecular weight is 455 g/mol. The van der Waals surface area contributed by atoms with Gasteiger partial charge < -0.3 is 10.1 Å². The predicted octanol–water partition coefficient (Wildman–Crippen LogP) is 4.23. The second kappa shape index (κ2) is 9.49. The van der Waals surface area contributed by atoms with Crippen LogP contribution in [0.4, 0.5) is 9.52 Å². The second-order valence-corrected chi connectivity index (χ2v) is 7.70. The Hall–Kier alpha value is -2.26. The van der Waals surface area contributed by atoms with Gasteiger partial charge in [-0.15, -0.1) is 22.6 Å². The van der Waals surface area contributed by atoms with Gasteiger partial charge in [-0.25, -0.2) is 4.39 Å². The van der Waals surface area contributed by atoms with Gasteiger partial charge in [-0.2, -0.15) is 0 Å². The van der Waals surface area contributed by atoms with Crippen molar-refractivity contribution >= 4 is 46.4 Å². The fourth-order valence-electron chi connectivity index (χ4n) is 2.88. The summed E-state index contributed by atoms with van der Waals surface area (Å²) < 4.78 is 18.8. The number of carbonyl (C=O) groups excluding carboxylic acids is 1. The van der Waals surface area contributed by atoms with Gasteiger partial charge in [-0.1, -0.05) is 29.0 Å². The molecule has 3 aromatic rings. The van der Waals surface area contributed by atoms with E-state index in [4.69, 9.17) is 16.3 Å². The van der Waals surface area contributed by atoms with Crippen LogP contribution in [0.2, 0.25) is 5.02 Å². The summed E-state index contributed by atoms with van der Waals surface area (Å²) in [6.07, 6.45) is 0.902. The van der Waals surface area contributed by atoms with Gasteiger partial charge in [0, 0.05) is 18.2 Å². The Labute approximate surface area is 181 Å². The maximum atomic E-state index is 13.3. The van der Waals surface area contributed by atoms with E-state index in [9.17, 15) is 9.18 Å². The first kappa shape index (κ1) is 21.4. The highest BCUT2D eigenvalue weighted by atomic mass is 35.5. The molecule has 1 aliphatic heterocycles. The lowest BCUT2D eigenvalue weighted by molar-refractivity contribution is 0.102. The van der Waals surface area contributed by atoms with Gasteiger partial charge in [0.05, 0.1) is 5.02 Å². The molecule has 1 amide bonds. The molecule has 0 saturated heterocycles. The van der Waals surface area contributed by atoms with E-state index in [1.165, 1.54) is 40.7 Å². The van der Waals surface area contributed by atoms with Gasteiger partial charge in [-0.05, 0) is 48.4 Å². The first-order valence-electron chi connectivity index (χ1n) is 8.62. The normalized spacial score (nSPS) is 12.6. The molecule has 2 N–H and O–H groups in total. The molecule has 152 valence electrons. The summed E-state index contributed by atoms with van der Waals surface area (Å²) in [5.74, 6) is -0.449. The van der Waals surface area contributed by atoms with E-state index in [1.54, 1.807) is 6.07 Å². The summed E-state index contributed by atoms with van der Waals surface area (Å²) in [4.78, 5) is 12.5. The smallest absolute Gasteiger partial charge is 0.257 e. The van der Waals surface area contributed by atoms with E-state index in [0.29, 0.717) is 20.7 Å². The average Bonchev–Trinajstić information content (AvgIpc) is 3.15. The minimum atomic E-state index is -0.439. The lowest BCUT2D eigenvalue weighted by Gasteiger charge is -2.17. The number of rotatable bonds is 5. The molecule has 0 fully saturated rings. The van der Waals surface area contributed by atoms with Crippen molar-refractivity contribution in [2.24, 2.45) is 0 Å². The molecule has 0 saturated carbocycles. The van der Waals surface area contributed by atoms with Crippen molar-refractivity contribution < 1.29 is 13.9 Å². The van der Waals surface area contributed by atoms with Crippen molar-refractivity contribution in [1.82, 2.24) is 15.5 Å². The molecule has 0 aliphatic carbocycles. The number of amides is 1. The summed E-state index contributed by atoms with van der Waals surface area (Å²) in [5.41, 5.74) is 2.99. The van der Waals surface area contributed by atoms with E-state index < -0.39 is 5.82 Å². The number of hydrogen-bond acceptors (Lipinski definition) is 6. The largest absolute Gasteiger partial charge is 0.485 e. The van der Waals surface area contributed by atoms with Crippen molar-refractivity contribution in [2.75, 3.05) is 11.9 Å². The predicted molar refractivity (Wildman–Crippen MR) is 113 cm³/mol. The number of ether oxygens (including phenoxy) is 1. The van der Waals surface area contributed by atoms with Gasteiger partial charge in [0.2, 0.25) is 5.13 Å². The van der Waals surface area contributed by atoms with Crippen molar-refractivity contribution in [3.05, 3.63) is 68.9 Å². The maximum absolute atomic E-state index is 13.3. The zero-order valence-corrected chi connectivity index (χ0v) is 17.5. The fourth-order valence-corrected chi connectivity index (χ4v) is 3.70. The third kappa shape index (κ3) is 5.22. The zero-order chi connectivity index (χ0) is 19.5. The first-order valence-corrected chi connectivity index (χ1v) is 9.82. The number of carbonyl (C=O) groups is 1. The number of nitrogens with one attached hydrogen (secondary N) is 2. The third-order valence-corrected chi connectivity index (χ3v) is 5.41. The molecule has 0 atom stereocenters. The summed E-state index contributed by atoms with van der Waals surface area (Å²) in [5, 5.41) is 15.2. The SMILES string of the molecule is Cl.O=C(Nc1nnc(COc2cc(F)ccc2Cl)s1)c1ccc2c(c1)CCNC2. The quantitative estimate of drug-likeness (QED) is 0.603. The highest BCUT2D eigenvalue weighted by Gasteiger charge is 2.15. The van der Waals surface area contributed by atoms with E-state index in [2.05, 4.69) is 20.8 Å². The minimum absolute atomic E-state index is 0. The minimum Gasteiger partial charge on any atom is -0.485 e. The summed E-state index contributed by atoms with van der Waals surface area (Å²) >= 11 is 7.16. The molecule has 0 unspecified atom stereocenters. The van der Waals surface area contributed by atoms with Crippen LogP contribution in [0, 0.1) is 5.82 Å². The highest BCUT2D eigenvalue weighted by molar-refractivity contribution is 7.15. The molecule has 0 bridgehead atoms. The van der Waals surface area contributed by atoms with Gasteiger partial charge in [0.15, 0.2) is 5.01 Å². The Morgan fingerprint density at radius 3 is 2.97 bits per heavy atom. The monoisotopic (exact) mass is 454 g/mol. The molecular formula is C19H17Cl2FN4O2S. The van der Waals surface area contributed by atoms with Crippen molar-refractivity contribution in [3.63, 3.8) is 0 Å². The first-order chi connectivity index (χ1) is 13.6. The topological polar surface area (TPSA) is 76.1 Å². The Balaban J connectivity index is 0.00000240. The van der Waals surface area contributed by atoms with Crippen LogP contribution >= 0.6 is 35.3 Å². The Kier molecular flexibility index (Phi) is 7.02. The molecule has 2 heterocycles. The summed E-state index contributed by atoms with van der Waals surface area (Å²) in [6, 6.07) is 9.58. The van der Waals surface area contributed by atoms with Crippen LogP contribution in [-0.4, -0.2) is 22.6 Å². The highest BCUT2D eigenvalue weighted by Crippen LogP contribution is 2.27. The van der Waals surface area contributed by atoms with Gasteiger partial charge >= 0.3 is 0 Å². The summed E-state index contributed by atoms with van der Waals surface area (Å²) in [6.45, 7) is 1.81. The van der Waals surface area contributed by atoms with E-state index in [0.717, 1.165) is 19.5 Å². The van der Waals surface area contributed by atoms with Crippen LogP contribution in [0.5, 0.6) is 5.75 Å².